The summed E-state index contributed by atoms with van der Waals surface area (Å²) in [5, 5.41) is 3.20. The van der Waals surface area contributed by atoms with Gasteiger partial charge in [-0.2, -0.15) is 0 Å². The molecule has 21 heavy (non-hydrogen) atoms. The Kier molecular flexibility index (Phi) is 3.92. The number of hydrogen-bond donors (Lipinski definition) is 1. The Morgan fingerprint density at radius 2 is 2.10 bits per heavy atom. The van der Waals surface area contributed by atoms with Crippen LogP contribution in [0.1, 0.15) is 43.7 Å². The van der Waals surface area contributed by atoms with E-state index in [0.717, 1.165) is 23.7 Å². The van der Waals surface area contributed by atoms with Gasteiger partial charge in [-0.05, 0) is 69.1 Å². The summed E-state index contributed by atoms with van der Waals surface area (Å²) in [5.41, 5.74) is 2.30. The molecule has 2 fully saturated rings. The van der Waals surface area contributed by atoms with Crippen molar-refractivity contribution in [3.63, 3.8) is 0 Å². The first-order valence-electron chi connectivity index (χ1n) is 8.08. The van der Waals surface area contributed by atoms with Gasteiger partial charge in [0.15, 0.2) is 6.10 Å². The van der Waals surface area contributed by atoms with Gasteiger partial charge in [0.2, 0.25) is 0 Å². The second-order valence-corrected chi connectivity index (χ2v) is 6.75. The van der Waals surface area contributed by atoms with E-state index in [2.05, 4.69) is 18.3 Å². The highest BCUT2D eigenvalue weighted by Gasteiger charge is 2.40. The van der Waals surface area contributed by atoms with E-state index in [1.165, 1.54) is 24.8 Å². The summed E-state index contributed by atoms with van der Waals surface area (Å²) in [5.74, 6) is 2.38. The number of nitrogens with one attached hydrogen (secondary N) is 1. The number of hydrogen-bond acceptors (Lipinski definition) is 2. The number of aryl methyl sites for hydroxylation is 1. The van der Waals surface area contributed by atoms with Gasteiger partial charge in [-0.15, -0.1) is 0 Å². The highest BCUT2D eigenvalue weighted by Crippen LogP contribution is 2.44. The van der Waals surface area contributed by atoms with Crippen molar-refractivity contribution in [2.24, 2.45) is 11.8 Å². The lowest BCUT2D eigenvalue weighted by Gasteiger charge is -2.25. The van der Waals surface area contributed by atoms with E-state index < -0.39 is 6.10 Å². The van der Waals surface area contributed by atoms with Crippen LogP contribution in [0.15, 0.2) is 18.2 Å². The monoisotopic (exact) mass is 287 g/mol. The van der Waals surface area contributed by atoms with Crippen LogP contribution in [0.25, 0.3) is 0 Å². The van der Waals surface area contributed by atoms with Crippen molar-refractivity contribution >= 4 is 5.91 Å². The molecule has 0 radical (unpaired) electrons. The van der Waals surface area contributed by atoms with Crippen LogP contribution in [0.4, 0.5) is 0 Å². The molecule has 0 heterocycles. The summed E-state index contributed by atoms with van der Waals surface area (Å²) < 4.78 is 5.87. The normalized spacial score (nSPS) is 28.4. The number of ether oxygens (including phenoxy) is 1. The lowest BCUT2D eigenvalue weighted by Crippen LogP contribution is -2.44. The predicted octanol–water partition coefficient (Wildman–Crippen LogP) is 3.38. The van der Waals surface area contributed by atoms with Crippen LogP contribution in [0, 0.1) is 25.7 Å². The Hall–Kier alpha value is -1.51. The highest BCUT2D eigenvalue weighted by atomic mass is 16.5. The Bertz CT molecular complexity index is 540. The summed E-state index contributed by atoms with van der Waals surface area (Å²) in [6, 6.07) is 6.34. The first-order chi connectivity index (χ1) is 10.0. The Labute approximate surface area is 127 Å². The van der Waals surface area contributed by atoms with Crippen LogP contribution in [0.5, 0.6) is 5.75 Å². The van der Waals surface area contributed by atoms with Crippen LogP contribution in [-0.2, 0) is 4.79 Å². The first-order valence-corrected chi connectivity index (χ1v) is 8.08. The molecule has 1 N–H and O–H groups in total. The van der Waals surface area contributed by atoms with Crippen LogP contribution in [-0.4, -0.2) is 18.1 Å². The van der Waals surface area contributed by atoms with Gasteiger partial charge in [-0.3, -0.25) is 4.79 Å². The average Bonchev–Trinajstić information content (AvgIpc) is 3.06. The van der Waals surface area contributed by atoms with E-state index in [1.54, 1.807) is 0 Å². The van der Waals surface area contributed by atoms with Gasteiger partial charge in [0, 0.05) is 6.04 Å². The van der Waals surface area contributed by atoms with E-state index in [0.29, 0.717) is 12.0 Å². The maximum Gasteiger partial charge on any atom is 0.261 e. The topological polar surface area (TPSA) is 38.3 Å². The van der Waals surface area contributed by atoms with Crippen molar-refractivity contribution in [3.05, 3.63) is 29.3 Å². The largest absolute Gasteiger partial charge is 0.481 e. The molecule has 0 aliphatic heterocycles. The smallest absolute Gasteiger partial charge is 0.261 e. The molecule has 2 aliphatic rings. The van der Waals surface area contributed by atoms with E-state index >= 15 is 0 Å². The number of carbonyl (C=O) groups excluding carboxylic acids is 1. The molecule has 3 heteroatoms. The van der Waals surface area contributed by atoms with Gasteiger partial charge < -0.3 is 10.1 Å². The molecule has 1 amide bonds. The molecule has 2 saturated carbocycles. The fourth-order valence-electron chi connectivity index (χ4n) is 3.82. The van der Waals surface area contributed by atoms with Gasteiger partial charge in [-0.1, -0.05) is 18.6 Å². The quantitative estimate of drug-likeness (QED) is 0.922. The number of benzene rings is 1. The standard InChI is InChI=1S/C18H25NO2/c1-11-5-4-6-17(12(11)2)21-13(3)18(20)19-16-10-14-7-8-15(16)9-14/h4-6,13-16H,7-10H2,1-3H3,(H,19,20)/t13-,14+,15+,16+/m0/s1. The minimum absolute atomic E-state index is 0.0217. The fourth-order valence-corrected chi connectivity index (χ4v) is 3.82. The lowest BCUT2D eigenvalue weighted by atomic mass is 9.95. The Morgan fingerprint density at radius 1 is 1.29 bits per heavy atom. The molecule has 4 atom stereocenters. The molecule has 3 rings (SSSR count). The Morgan fingerprint density at radius 3 is 2.76 bits per heavy atom. The number of rotatable bonds is 4. The van der Waals surface area contributed by atoms with Gasteiger partial charge in [0.1, 0.15) is 5.75 Å². The molecule has 0 aromatic heterocycles. The fraction of sp³-hybridized carbons (Fsp3) is 0.611. The van der Waals surface area contributed by atoms with E-state index in [-0.39, 0.29) is 5.91 Å². The van der Waals surface area contributed by atoms with Crippen molar-refractivity contribution in [2.75, 3.05) is 0 Å². The summed E-state index contributed by atoms with van der Waals surface area (Å²) in [4.78, 5) is 12.3. The molecule has 1 aromatic rings. The number of carbonyl (C=O) groups is 1. The molecule has 1 aromatic carbocycles. The SMILES string of the molecule is Cc1cccc(O[C@@H](C)C(=O)N[C@@H]2C[C@@H]3CC[C@@H]2C3)c1C. The van der Waals surface area contributed by atoms with Crippen molar-refractivity contribution in [1.29, 1.82) is 0 Å². The van der Waals surface area contributed by atoms with Crippen LogP contribution in [0.3, 0.4) is 0 Å². The minimum atomic E-state index is -0.440. The Balaban J connectivity index is 1.58. The lowest BCUT2D eigenvalue weighted by molar-refractivity contribution is -0.128. The van der Waals surface area contributed by atoms with E-state index in [1.807, 2.05) is 26.0 Å². The molecular weight excluding hydrogens is 262 g/mol. The molecule has 0 spiro atoms. The van der Waals surface area contributed by atoms with E-state index in [4.69, 9.17) is 4.74 Å². The minimum Gasteiger partial charge on any atom is -0.481 e. The van der Waals surface area contributed by atoms with Crippen molar-refractivity contribution in [2.45, 2.75) is 58.6 Å². The zero-order valence-electron chi connectivity index (χ0n) is 13.2. The van der Waals surface area contributed by atoms with Crippen LogP contribution < -0.4 is 10.1 Å². The zero-order chi connectivity index (χ0) is 15.0. The molecule has 2 bridgehead atoms. The molecule has 0 unspecified atom stereocenters. The van der Waals surface area contributed by atoms with E-state index in [9.17, 15) is 4.79 Å². The third-order valence-corrected chi connectivity index (χ3v) is 5.29. The van der Waals surface area contributed by atoms with Gasteiger partial charge >= 0.3 is 0 Å². The van der Waals surface area contributed by atoms with Gasteiger partial charge in [0.25, 0.3) is 5.91 Å². The average molecular weight is 287 g/mol. The highest BCUT2D eigenvalue weighted by molar-refractivity contribution is 5.81. The van der Waals surface area contributed by atoms with Crippen LogP contribution in [0.2, 0.25) is 0 Å². The van der Waals surface area contributed by atoms with Gasteiger partial charge in [-0.25, -0.2) is 0 Å². The molecule has 114 valence electrons. The molecule has 2 aliphatic carbocycles. The molecular formula is C18H25NO2. The zero-order valence-corrected chi connectivity index (χ0v) is 13.2. The van der Waals surface area contributed by atoms with Crippen molar-refractivity contribution in [3.8, 4) is 5.75 Å². The summed E-state index contributed by atoms with van der Waals surface area (Å²) >= 11 is 0. The first kappa shape index (κ1) is 14.4. The van der Waals surface area contributed by atoms with Crippen LogP contribution >= 0.6 is 0 Å². The predicted molar refractivity (Wildman–Crippen MR) is 83.4 cm³/mol. The third-order valence-electron chi connectivity index (χ3n) is 5.29. The van der Waals surface area contributed by atoms with Gasteiger partial charge in [0.05, 0.1) is 0 Å². The second-order valence-electron chi connectivity index (χ2n) is 6.75. The maximum atomic E-state index is 12.3. The summed E-state index contributed by atoms with van der Waals surface area (Å²) in [6.45, 7) is 5.93. The molecule has 3 nitrogen and oxygen atoms in total. The number of fused-ring (bicyclic) bond motifs is 2. The molecule has 0 saturated heterocycles. The maximum absolute atomic E-state index is 12.3. The number of amides is 1. The van der Waals surface area contributed by atoms with Crippen molar-refractivity contribution in [1.82, 2.24) is 5.32 Å². The summed E-state index contributed by atoms with van der Waals surface area (Å²) in [7, 11) is 0. The second kappa shape index (κ2) is 5.70. The summed E-state index contributed by atoms with van der Waals surface area (Å²) in [6.07, 6.45) is 4.65. The third kappa shape index (κ3) is 2.92. The van der Waals surface area contributed by atoms with Crippen molar-refractivity contribution < 1.29 is 9.53 Å².